The van der Waals surface area contributed by atoms with Gasteiger partial charge < -0.3 is 14.8 Å². The first-order chi connectivity index (χ1) is 11.1. The van der Waals surface area contributed by atoms with Gasteiger partial charge in [0.2, 0.25) is 0 Å². The molecule has 0 atom stereocenters. The Bertz CT molecular complexity index is 394. The maximum Gasteiger partial charge on any atom is 0.0964 e. The molecule has 0 aliphatic carbocycles. The second kappa shape index (κ2) is 14.4. The third kappa shape index (κ3) is 12.4. The van der Waals surface area contributed by atoms with Crippen LogP contribution in [0.5, 0.6) is 0 Å². The van der Waals surface area contributed by atoms with Crippen LogP contribution in [0, 0.1) is 5.92 Å². The first-order valence-corrected chi connectivity index (χ1v) is 8.85. The Kier molecular flexibility index (Phi) is 13.8. The molecule has 6 nitrogen and oxygen atoms in total. The van der Waals surface area contributed by atoms with E-state index < -0.39 is 0 Å². The van der Waals surface area contributed by atoms with Crippen molar-refractivity contribution in [2.24, 2.45) is 5.92 Å². The van der Waals surface area contributed by atoms with Crippen LogP contribution in [-0.2, 0) is 22.6 Å². The summed E-state index contributed by atoms with van der Waals surface area (Å²) in [5.74, 6) is 0.789. The van der Waals surface area contributed by atoms with E-state index in [-0.39, 0.29) is 7.43 Å². The van der Waals surface area contributed by atoms with Gasteiger partial charge in [0.05, 0.1) is 32.1 Å². The van der Waals surface area contributed by atoms with Crippen molar-refractivity contribution in [1.82, 2.24) is 20.3 Å². The number of aromatic nitrogens is 3. The summed E-state index contributed by atoms with van der Waals surface area (Å²) in [6, 6.07) is 0.453. The molecular formula is C18H38N4O2. The van der Waals surface area contributed by atoms with Crippen LogP contribution in [-0.4, -0.2) is 47.5 Å². The van der Waals surface area contributed by atoms with Crippen LogP contribution in [0.4, 0.5) is 0 Å². The molecule has 0 aromatic carbocycles. The summed E-state index contributed by atoms with van der Waals surface area (Å²) in [6.07, 6.45) is 5.64. The molecule has 1 heterocycles. The van der Waals surface area contributed by atoms with Gasteiger partial charge in [0.15, 0.2) is 0 Å². The Morgan fingerprint density at radius 2 is 1.75 bits per heavy atom. The SMILES string of the molecule is C.CC(C)CCCCOCCOCCn1cc(CNC(C)C)nn1. The van der Waals surface area contributed by atoms with Crippen molar-refractivity contribution >= 4 is 0 Å². The van der Waals surface area contributed by atoms with Crippen LogP contribution >= 0.6 is 0 Å². The van der Waals surface area contributed by atoms with Gasteiger partial charge in [0, 0.05) is 25.4 Å². The van der Waals surface area contributed by atoms with E-state index in [1.807, 2.05) is 10.9 Å². The van der Waals surface area contributed by atoms with Gasteiger partial charge in [-0.05, 0) is 12.3 Å². The lowest BCUT2D eigenvalue weighted by Crippen LogP contribution is -2.21. The number of ether oxygens (including phenoxy) is 2. The van der Waals surface area contributed by atoms with Gasteiger partial charge in [-0.3, -0.25) is 0 Å². The zero-order chi connectivity index (χ0) is 16.9. The molecule has 1 N–H and O–H groups in total. The molecule has 0 saturated carbocycles. The summed E-state index contributed by atoms with van der Waals surface area (Å²) in [5, 5.41) is 11.5. The number of nitrogens with one attached hydrogen (secondary N) is 1. The molecule has 0 bridgehead atoms. The van der Waals surface area contributed by atoms with Crippen LogP contribution in [0.3, 0.4) is 0 Å². The van der Waals surface area contributed by atoms with E-state index in [1.54, 1.807) is 0 Å². The van der Waals surface area contributed by atoms with Gasteiger partial charge in [-0.1, -0.05) is 53.2 Å². The number of hydrogen-bond acceptors (Lipinski definition) is 5. The van der Waals surface area contributed by atoms with Crippen molar-refractivity contribution in [3.05, 3.63) is 11.9 Å². The molecule has 0 amide bonds. The third-order valence-electron chi connectivity index (χ3n) is 3.43. The molecule has 0 saturated heterocycles. The molecule has 0 spiro atoms. The molecule has 24 heavy (non-hydrogen) atoms. The van der Waals surface area contributed by atoms with E-state index in [1.165, 1.54) is 12.8 Å². The van der Waals surface area contributed by atoms with Crippen LogP contribution < -0.4 is 5.32 Å². The highest BCUT2D eigenvalue weighted by molar-refractivity contribution is 4.91. The van der Waals surface area contributed by atoms with Crippen LogP contribution in [0.15, 0.2) is 6.20 Å². The van der Waals surface area contributed by atoms with Gasteiger partial charge >= 0.3 is 0 Å². The topological polar surface area (TPSA) is 61.2 Å². The van der Waals surface area contributed by atoms with Crippen LogP contribution in [0.25, 0.3) is 0 Å². The Morgan fingerprint density at radius 3 is 2.42 bits per heavy atom. The summed E-state index contributed by atoms with van der Waals surface area (Å²) in [7, 11) is 0. The van der Waals surface area contributed by atoms with Crippen molar-refractivity contribution in [2.75, 3.05) is 26.4 Å². The molecule has 0 radical (unpaired) electrons. The predicted octanol–water partition coefficient (Wildman–Crippen LogP) is 3.27. The average Bonchev–Trinajstić information content (AvgIpc) is 2.94. The maximum absolute atomic E-state index is 5.56. The maximum atomic E-state index is 5.56. The lowest BCUT2D eigenvalue weighted by Gasteiger charge is -2.07. The Balaban J connectivity index is 0.00000529. The lowest BCUT2D eigenvalue weighted by atomic mass is 10.1. The first-order valence-electron chi connectivity index (χ1n) is 8.85. The Morgan fingerprint density at radius 1 is 1.04 bits per heavy atom. The van der Waals surface area contributed by atoms with Gasteiger partial charge in [0.25, 0.3) is 0 Å². The number of nitrogens with zero attached hydrogens (tertiary/aromatic N) is 3. The van der Waals surface area contributed by atoms with E-state index in [2.05, 4.69) is 43.3 Å². The molecule has 0 aliphatic rings. The van der Waals surface area contributed by atoms with Crippen molar-refractivity contribution < 1.29 is 9.47 Å². The van der Waals surface area contributed by atoms with Gasteiger partial charge in [-0.25, -0.2) is 4.68 Å². The highest BCUT2D eigenvalue weighted by Gasteiger charge is 2.01. The second-order valence-corrected chi connectivity index (χ2v) is 6.62. The summed E-state index contributed by atoms with van der Waals surface area (Å²) in [4.78, 5) is 0. The fourth-order valence-corrected chi connectivity index (χ4v) is 2.07. The zero-order valence-electron chi connectivity index (χ0n) is 15.3. The standard InChI is InChI=1S/C17H34N4O2.CH4/c1-15(2)7-5-6-9-22-11-12-23-10-8-21-14-17(19-20-21)13-18-16(3)4;/h14-16,18H,5-13H2,1-4H3;1H4. The van der Waals surface area contributed by atoms with E-state index in [9.17, 15) is 0 Å². The van der Waals surface area contributed by atoms with Crippen molar-refractivity contribution in [3.63, 3.8) is 0 Å². The summed E-state index contributed by atoms with van der Waals surface area (Å²) < 4.78 is 12.9. The van der Waals surface area contributed by atoms with E-state index >= 15 is 0 Å². The molecule has 0 unspecified atom stereocenters. The molecule has 0 fully saturated rings. The third-order valence-corrected chi connectivity index (χ3v) is 3.43. The van der Waals surface area contributed by atoms with E-state index in [4.69, 9.17) is 9.47 Å². The molecule has 0 aliphatic heterocycles. The molecule has 1 aromatic rings. The van der Waals surface area contributed by atoms with Gasteiger partial charge in [0.1, 0.15) is 0 Å². The monoisotopic (exact) mass is 342 g/mol. The Labute approximate surface area is 148 Å². The lowest BCUT2D eigenvalue weighted by molar-refractivity contribution is 0.0423. The van der Waals surface area contributed by atoms with E-state index in [0.717, 1.165) is 37.7 Å². The predicted molar refractivity (Wildman–Crippen MR) is 99.1 cm³/mol. The smallest absolute Gasteiger partial charge is 0.0964 e. The summed E-state index contributed by atoms with van der Waals surface area (Å²) in [5.41, 5.74) is 0.962. The highest BCUT2D eigenvalue weighted by Crippen LogP contribution is 2.05. The fourth-order valence-electron chi connectivity index (χ4n) is 2.07. The first kappa shape index (κ1) is 23.0. The quantitative estimate of drug-likeness (QED) is 0.526. The minimum Gasteiger partial charge on any atom is -0.379 e. The average molecular weight is 343 g/mol. The molecule has 142 valence electrons. The van der Waals surface area contributed by atoms with Crippen molar-refractivity contribution in [3.8, 4) is 0 Å². The largest absolute Gasteiger partial charge is 0.379 e. The molecule has 1 rings (SSSR count). The van der Waals surface area contributed by atoms with Crippen molar-refractivity contribution in [2.45, 2.75) is 73.5 Å². The van der Waals surface area contributed by atoms with E-state index in [0.29, 0.717) is 25.9 Å². The minimum atomic E-state index is 0. The van der Waals surface area contributed by atoms with Gasteiger partial charge in [-0.2, -0.15) is 0 Å². The Hall–Kier alpha value is -0.980. The van der Waals surface area contributed by atoms with Crippen molar-refractivity contribution in [1.29, 1.82) is 0 Å². The van der Waals surface area contributed by atoms with Gasteiger partial charge in [-0.15, -0.1) is 5.10 Å². The second-order valence-electron chi connectivity index (χ2n) is 6.62. The minimum absolute atomic E-state index is 0. The summed E-state index contributed by atoms with van der Waals surface area (Å²) in [6.45, 7) is 13.0. The summed E-state index contributed by atoms with van der Waals surface area (Å²) >= 11 is 0. The molecular weight excluding hydrogens is 304 g/mol. The van der Waals surface area contributed by atoms with Crippen LogP contribution in [0.1, 0.15) is 60.1 Å². The number of unbranched alkanes of at least 4 members (excludes halogenated alkanes) is 1. The molecule has 6 heteroatoms. The number of hydrogen-bond donors (Lipinski definition) is 1. The number of rotatable bonds is 14. The molecule has 1 aromatic heterocycles. The van der Waals surface area contributed by atoms with Crippen LogP contribution in [0.2, 0.25) is 0 Å². The normalized spacial score (nSPS) is 11.2. The zero-order valence-corrected chi connectivity index (χ0v) is 15.3. The fraction of sp³-hybridized carbons (Fsp3) is 0.889. The highest BCUT2D eigenvalue weighted by atomic mass is 16.5.